The van der Waals surface area contributed by atoms with E-state index in [1.54, 1.807) is 37.3 Å². The molecule has 6 nitrogen and oxygen atoms in total. The van der Waals surface area contributed by atoms with E-state index in [1.165, 1.54) is 4.90 Å². The number of ether oxygens (including phenoxy) is 1. The van der Waals surface area contributed by atoms with Crippen molar-refractivity contribution in [2.24, 2.45) is 0 Å². The lowest BCUT2D eigenvalue weighted by Crippen LogP contribution is -2.49. The van der Waals surface area contributed by atoms with E-state index in [0.29, 0.717) is 56.5 Å². The van der Waals surface area contributed by atoms with Crippen molar-refractivity contribution in [2.45, 2.75) is 51.4 Å². The number of piperidine rings is 1. The minimum atomic E-state index is -3.71. The van der Waals surface area contributed by atoms with Gasteiger partial charge in [-0.1, -0.05) is 26.8 Å². The van der Waals surface area contributed by atoms with E-state index in [0.717, 1.165) is 0 Å². The fourth-order valence-electron chi connectivity index (χ4n) is 5.25. The Morgan fingerprint density at radius 2 is 1.97 bits per heavy atom. The molecule has 0 radical (unpaired) electrons. The molecule has 6 heteroatoms. The third kappa shape index (κ3) is 3.56. The second kappa shape index (κ2) is 8.76. The number of rotatable bonds is 3. The van der Waals surface area contributed by atoms with Crippen molar-refractivity contribution in [3.63, 3.8) is 0 Å². The lowest BCUT2D eigenvalue weighted by atomic mass is 9.70. The van der Waals surface area contributed by atoms with Crippen LogP contribution in [0.4, 0.5) is 5.69 Å². The van der Waals surface area contributed by atoms with Gasteiger partial charge in [-0.05, 0) is 54.6 Å². The molecule has 0 atom stereocenters. The van der Waals surface area contributed by atoms with Crippen LogP contribution in [0.15, 0.2) is 30.3 Å². The normalized spacial score (nSPS) is 34.9. The summed E-state index contributed by atoms with van der Waals surface area (Å²) in [5.41, 5.74) is 3.06. The number of carbonyl (C=O) groups excluding carboxylic acids is 1. The Labute approximate surface area is 231 Å². The summed E-state index contributed by atoms with van der Waals surface area (Å²) in [5, 5.41) is 10.1. The minimum absolute atomic E-state index is 0.267. The summed E-state index contributed by atoms with van der Waals surface area (Å²) in [6.45, 7) is -10.6. The molecule has 0 saturated carbocycles. The highest BCUT2D eigenvalue weighted by Crippen LogP contribution is 2.46. The van der Waals surface area contributed by atoms with Crippen molar-refractivity contribution in [1.82, 2.24) is 9.88 Å². The quantitative estimate of drug-likeness (QED) is 0.567. The van der Waals surface area contributed by atoms with Gasteiger partial charge in [0.15, 0.2) is 5.78 Å². The molecule has 186 valence electrons. The van der Waals surface area contributed by atoms with Gasteiger partial charge in [-0.15, -0.1) is 0 Å². The number of hydrogen-bond donors (Lipinski definition) is 1. The van der Waals surface area contributed by atoms with Gasteiger partial charge in [-0.3, -0.25) is 9.69 Å². The Morgan fingerprint density at radius 3 is 2.67 bits per heavy atom. The molecule has 3 heterocycles. The van der Waals surface area contributed by atoms with Gasteiger partial charge in [0, 0.05) is 77.7 Å². The summed E-state index contributed by atoms with van der Waals surface area (Å²) in [6, 6.07) is 6.93. The van der Waals surface area contributed by atoms with Gasteiger partial charge in [0.1, 0.15) is 0 Å². The monoisotopic (exact) mass is 495 g/mol. The summed E-state index contributed by atoms with van der Waals surface area (Å²) in [7, 11) is 0. The number of H-pyrrole nitrogens is 1. The predicted octanol–water partition coefficient (Wildman–Crippen LogP) is 4.77. The van der Waals surface area contributed by atoms with Crippen LogP contribution in [-0.4, -0.2) is 60.9 Å². The van der Waals surface area contributed by atoms with E-state index >= 15 is 0 Å². The van der Waals surface area contributed by atoms with Crippen LogP contribution in [-0.2, 0) is 16.6 Å². The first kappa shape index (κ1) is 12.9. The van der Waals surface area contributed by atoms with Gasteiger partial charge in [-0.25, -0.2) is 0 Å². The smallest absolute Gasteiger partial charge is 0.195 e. The largest absolute Gasteiger partial charge is 0.379 e. The van der Waals surface area contributed by atoms with Gasteiger partial charge in [0.05, 0.1) is 35.8 Å². The maximum atomic E-state index is 14.1. The first-order chi connectivity index (χ1) is 22.2. The lowest BCUT2D eigenvalue weighted by Gasteiger charge is -2.42. The molecule has 3 aliphatic rings. The molecule has 2 saturated heterocycles. The number of aryl methyl sites for hydroxylation is 1. The lowest BCUT2D eigenvalue weighted by molar-refractivity contribution is 0.0115. The first-order valence-corrected chi connectivity index (χ1v) is 11.8. The maximum Gasteiger partial charge on any atom is 0.195 e. The zero-order valence-electron chi connectivity index (χ0n) is 33.2. The molecule has 6 rings (SSSR count). The SMILES string of the molecule is [2H]C1([2H])CN(c2cc3c(cc2CC)C(=O)c2c([nH]c4cc(C#N)ccc24)C3(C)C)CC([2H])([2H])C1([2H])N1C([2H])([2H])C([2H])([2H])OC([2H])([2H])C1([2H])[2H]. The van der Waals surface area contributed by atoms with Crippen LogP contribution in [0.25, 0.3) is 10.9 Å². The van der Waals surface area contributed by atoms with Crippen LogP contribution in [0.1, 0.15) is 89.6 Å². The molecule has 1 N–H and O–H groups in total. The van der Waals surface area contributed by atoms with Gasteiger partial charge in [-0.2, -0.15) is 5.26 Å². The average molecular weight is 496 g/mol. The maximum absolute atomic E-state index is 14.1. The van der Waals surface area contributed by atoms with Crippen LogP contribution in [0.5, 0.6) is 0 Å². The summed E-state index contributed by atoms with van der Waals surface area (Å²) >= 11 is 0. The molecule has 0 unspecified atom stereocenters. The molecule has 2 fully saturated rings. The van der Waals surface area contributed by atoms with Gasteiger partial charge in [0.25, 0.3) is 0 Å². The standard InChI is InChI=1S/C30H34N4O2/c1-4-20-16-23-24(17-26(20)34-9-7-21(8-10-34)33-11-13-36-14-12-33)30(2,3)29-27(28(23)35)22-6-5-19(18-31)15-25(22)32-29/h5-6,15-17,21,32H,4,7-14H2,1-3H3/i7D2,8D2,11D2,12D2,13D2,14D2,21D. The number of anilines is 1. The number of benzene rings is 2. The van der Waals surface area contributed by atoms with Crippen molar-refractivity contribution in [1.29, 1.82) is 5.26 Å². The molecular formula is C30H34N4O2. The van der Waals surface area contributed by atoms with Crippen molar-refractivity contribution in [2.75, 3.05) is 44.1 Å². The third-order valence-corrected chi connectivity index (χ3v) is 7.15. The van der Waals surface area contributed by atoms with E-state index in [4.69, 9.17) is 16.4 Å². The number of aromatic nitrogens is 1. The molecule has 1 aliphatic carbocycles. The average Bonchev–Trinajstić information content (AvgIpc) is 3.36. The number of nitrogens with one attached hydrogen (secondary N) is 1. The van der Waals surface area contributed by atoms with Crippen LogP contribution < -0.4 is 4.90 Å². The molecule has 0 spiro atoms. The molecule has 0 amide bonds. The number of carbonyl (C=O) groups is 1. The molecule has 0 bridgehead atoms. The summed E-state index contributed by atoms with van der Waals surface area (Å²) < 4.78 is 116. The highest BCUT2D eigenvalue weighted by Gasteiger charge is 2.40. The number of morpholine rings is 1. The molecule has 1 aromatic heterocycles. The Balaban J connectivity index is 1.49. The zero-order chi connectivity index (χ0) is 36.7. The van der Waals surface area contributed by atoms with E-state index in [-0.39, 0.29) is 10.7 Å². The number of nitriles is 1. The molecule has 3 aromatic rings. The second-order valence-electron chi connectivity index (χ2n) is 9.50. The Morgan fingerprint density at radius 1 is 1.22 bits per heavy atom. The zero-order valence-corrected chi connectivity index (χ0v) is 20.2. The second-order valence-corrected chi connectivity index (χ2v) is 9.50. The van der Waals surface area contributed by atoms with E-state index in [2.05, 4.69) is 15.8 Å². The van der Waals surface area contributed by atoms with Crippen molar-refractivity contribution < 1.29 is 27.4 Å². The Kier molecular flexibility index (Phi) is 3.14. The summed E-state index contributed by atoms with van der Waals surface area (Å²) in [6.07, 6.45) is -5.99. The van der Waals surface area contributed by atoms with Crippen molar-refractivity contribution >= 4 is 22.4 Å². The number of nitrogens with zero attached hydrogens (tertiary/aromatic N) is 3. The van der Waals surface area contributed by atoms with Crippen LogP contribution in [0.2, 0.25) is 0 Å². The van der Waals surface area contributed by atoms with Crippen LogP contribution >= 0.6 is 0 Å². The number of hydrogen-bond acceptors (Lipinski definition) is 5. The molecule has 2 aliphatic heterocycles. The highest BCUT2D eigenvalue weighted by atomic mass is 16.5. The Hall–Kier alpha value is -3.14. The minimum Gasteiger partial charge on any atom is -0.379 e. The Bertz CT molecular complexity index is 1920. The summed E-state index contributed by atoms with van der Waals surface area (Å²) in [5.74, 6) is -0.267. The van der Waals surface area contributed by atoms with Gasteiger partial charge < -0.3 is 14.6 Å². The highest BCUT2D eigenvalue weighted by molar-refractivity contribution is 6.20. The number of aromatic amines is 1. The van der Waals surface area contributed by atoms with Gasteiger partial charge in [0.2, 0.25) is 0 Å². The van der Waals surface area contributed by atoms with E-state index in [1.807, 2.05) is 13.8 Å². The van der Waals surface area contributed by atoms with Crippen LogP contribution in [0, 0.1) is 11.3 Å². The van der Waals surface area contributed by atoms with Crippen molar-refractivity contribution in [3.8, 4) is 6.07 Å². The van der Waals surface area contributed by atoms with Gasteiger partial charge >= 0.3 is 0 Å². The fraction of sp³-hybridized carbons (Fsp3) is 0.467. The third-order valence-electron chi connectivity index (χ3n) is 7.15. The fourth-order valence-corrected chi connectivity index (χ4v) is 5.25. The predicted molar refractivity (Wildman–Crippen MR) is 142 cm³/mol. The summed E-state index contributed by atoms with van der Waals surface area (Å²) in [4.78, 5) is 18.4. The molecular weight excluding hydrogens is 448 g/mol. The number of ketones is 1. The first-order valence-electron chi connectivity index (χ1n) is 18.3. The molecule has 36 heavy (non-hydrogen) atoms. The van der Waals surface area contributed by atoms with Crippen LogP contribution in [0.3, 0.4) is 0 Å². The van der Waals surface area contributed by atoms with E-state index < -0.39 is 63.4 Å². The topological polar surface area (TPSA) is 72.4 Å². The number of fused-ring (bicyclic) bond motifs is 4. The van der Waals surface area contributed by atoms with Crippen molar-refractivity contribution in [3.05, 3.63) is 63.8 Å². The van der Waals surface area contributed by atoms with E-state index in [9.17, 15) is 11.4 Å². The molecule has 2 aromatic carbocycles.